The highest BCUT2D eigenvalue weighted by Crippen LogP contribution is 2.37. The summed E-state index contributed by atoms with van der Waals surface area (Å²) in [4.78, 5) is 6.85. The number of aliphatic hydroxyl groups excluding tert-OH is 1. The Hall–Kier alpha value is -1.30. The second kappa shape index (κ2) is 10.5. The molecule has 0 radical (unpaired) electrons. The number of rotatable bonds is 10. The van der Waals surface area contributed by atoms with E-state index in [2.05, 4.69) is 80.7 Å². The Morgan fingerprint density at radius 2 is 2.06 bits per heavy atom. The normalized spacial score (nSPS) is 27.1. The van der Waals surface area contributed by atoms with E-state index >= 15 is 0 Å². The van der Waals surface area contributed by atoms with Crippen LogP contribution in [0.2, 0.25) is 0 Å². The summed E-state index contributed by atoms with van der Waals surface area (Å²) in [6.45, 7) is 17.1. The lowest BCUT2D eigenvalue weighted by molar-refractivity contribution is 0.172. The number of nitrogens with zero attached hydrogens (tertiary/aromatic N) is 2. The van der Waals surface area contributed by atoms with Gasteiger partial charge in [0.1, 0.15) is 0 Å². The molecule has 2 heterocycles. The Morgan fingerprint density at radius 3 is 2.68 bits per heavy atom. The summed E-state index contributed by atoms with van der Waals surface area (Å²) in [5.74, 6) is 0.455. The minimum absolute atomic E-state index is 0.132. The van der Waals surface area contributed by atoms with E-state index in [9.17, 15) is 5.11 Å². The van der Waals surface area contributed by atoms with Crippen molar-refractivity contribution in [1.29, 1.82) is 0 Å². The van der Waals surface area contributed by atoms with Crippen LogP contribution in [0.1, 0.15) is 76.7 Å². The van der Waals surface area contributed by atoms with Crippen molar-refractivity contribution in [3.63, 3.8) is 0 Å². The first kappa shape index (κ1) is 24.3. The predicted octanol–water partition coefficient (Wildman–Crippen LogP) is 5.53. The Kier molecular flexibility index (Phi) is 8.28. The highest BCUT2D eigenvalue weighted by atomic mass is 32.2. The summed E-state index contributed by atoms with van der Waals surface area (Å²) in [6, 6.07) is 9.55. The third-order valence-corrected chi connectivity index (χ3v) is 8.24. The number of nitrogens with one attached hydrogen (secondary N) is 1. The van der Waals surface area contributed by atoms with Gasteiger partial charge in [0.15, 0.2) is 0 Å². The molecule has 5 atom stereocenters. The topological polar surface area (TPSA) is 47.9 Å². The number of aliphatic imine (C=N–C) groups is 1. The van der Waals surface area contributed by atoms with Crippen LogP contribution in [0.25, 0.3) is 0 Å². The van der Waals surface area contributed by atoms with Gasteiger partial charge in [-0.15, -0.1) is 11.8 Å². The number of aliphatic hydroxyl groups is 1. The molecule has 0 bridgehead atoms. The number of β-amino-alcohol motifs (C(OH)–C–C–N with tert-alkyl or cyclic N) is 1. The summed E-state index contributed by atoms with van der Waals surface area (Å²) < 4.78 is 0. The fraction of sp³-hybridized carbons (Fsp3) is 0.654. The molecule has 0 aliphatic carbocycles. The zero-order chi connectivity index (χ0) is 22.6. The van der Waals surface area contributed by atoms with Crippen LogP contribution in [0.3, 0.4) is 0 Å². The van der Waals surface area contributed by atoms with Gasteiger partial charge in [-0.2, -0.15) is 0 Å². The van der Waals surface area contributed by atoms with Crippen molar-refractivity contribution in [3.8, 4) is 0 Å². The van der Waals surface area contributed by atoms with Crippen molar-refractivity contribution in [2.24, 2.45) is 10.9 Å². The van der Waals surface area contributed by atoms with E-state index in [0.717, 1.165) is 19.4 Å². The molecule has 31 heavy (non-hydrogen) atoms. The SMILES string of the molecule is C=C(C(C)CCCC)N1CC(O)CC1C(C)(C)NCc1ccc(C2SC=NC2C)cc1. The fourth-order valence-corrected chi connectivity index (χ4v) is 5.80. The van der Waals surface area contributed by atoms with E-state index in [1.54, 1.807) is 0 Å². The first-order valence-electron chi connectivity index (χ1n) is 11.9. The van der Waals surface area contributed by atoms with Gasteiger partial charge in [-0.1, -0.05) is 57.5 Å². The van der Waals surface area contributed by atoms with Gasteiger partial charge in [0.25, 0.3) is 0 Å². The minimum Gasteiger partial charge on any atom is -0.391 e. The van der Waals surface area contributed by atoms with Crippen molar-refractivity contribution >= 4 is 17.3 Å². The molecule has 0 aromatic heterocycles. The van der Waals surface area contributed by atoms with Gasteiger partial charge in [-0.3, -0.25) is 4.99 Å². The lowest BCUT2D eigenvalue weighted by Crippen LogP contribution is -2.54. The molecule has 0 spiro atoms. The smallest absolute Gasteiger partial charge is 0.0735 e. The minimum atomic E-state index is -0.284. The number of hydrogen-bond donors (Lipinski definition) is 2. The number of benzene rings is 1. The molecule has 2 aliphatic heterocycles. The molecule has 1 fully saturated rings. The molecule has 1 aromatic rings. The summed E-state index contributed by atoms with van der Waals surface area (Å²) >= 11 is 1.81. The maximum absolute atomic E-state index is 10.5. The van der Waals surface area contributed by atoms with Gasteiger partial charge >= 0.3 is 0 Å². The third-order valence-electron chi connectivity index (χ3n) is 7.04. The van der Waals surface area contributed by atoms with Gasteiger partial charge in [0.05, 0.1) is 22.9 Å². The van der Waals surface area contributed by atoms with Gasteiger partial charge in [0.2, 0.25) is 0 Å². The molecule has 172 valence electrons. The van der Waals surface area contributed by atoms with Gasteiger partial charge in [-0.05, 0) is 50.7 Å². The fourth-order valence-electron chi connectivity index (χ4n) is 4.79. The largest absolute Gasteiger partial charge is 0.391 e. The molecular formula is C26H41N3OS. The molecule has 0 amide bonds. The molecule has 4 nitrogen and oxygen atoms in total. The highest BCUT2D eigenvalue weighted by Gasteiger charge is 2.42. The molecule has 5 unspecified atom stereocenters. The zero-order valence-corrected chi connectivity index (χ0v) is 20.8. The van der Waals surface area contributed by atoms with Crippen LogP contribution in [0.4, 0.5) is 0 Å². The molecule has 2 N–H and O–H groups in total. The summed E-state index contributed by atoms with van der Waals surface area (Å²) in [7, 11) is 0. The Labute approximate surface area is 193 Å². The Morgan fingerprint density at radius 1 is 1.35 bits per heavy atom. The van der Waals surface area contributed by atoms with Gasteiger partial charge in [0, 0.05) is 30.4 Å². The van der Waals surface area contributed by atoms with E-state index in [1.165, 1.54) is 29.7 Å². The standard InChI is InChI=1S/C26H41N3OS/c1-7-8-9-18(2)20(4)29-16-23(30)14-24(29)26(5,6)28-15-21-10-12-22(13-11-21)25-19(3)27-17-31-25/h10-13,17-19,23-25,28,30H,4,7-9,14-16H2,1-3,5-6H3. The van der Waals surface area contributed by atoms with Gasteiger partial charge in [-0.25, -0.2) is 0 Å². The molecule has 1 saturated heterocycles. The quantitative estimate of drug-likeness (QED) is 0.499. The molecule has 5 heteroatoms. The van der Waals surface area contributed by atoms with E-state index in [-0.39, 0.29) is 17.7 Å². The maximum atomic E-state index is 10.5. The summed E-state index contributed by atoms with van der Waals surface area (Å²) in [6.07, 6.45) is 4.10. The molecule has 0 saturated carbocycles. The monoisotopic (exact) mass is 443 g/mol. The molecule has 2 aliphatic rings. The van der Waals surface area contributed by atoms with E-state index in [1.807, 2.05) is 17.3 Å². The number of hydrogen-bond acceptors (Lipinski definition) is 5. The van der Waals surface area contributed by atoms with Crippen LogP contribution in [0.15, 0.2) is 41.5 Å². The molecule has 3 rings (SSSR count). The van der Waals surface area contributed by atoms with Crippen LogP contribution in [0, 0.1) is 5.92 Å². The van der Waals surface area contributed by atoms with Crippen molar-refractivity contribution in [3.05, 3.63) is 47.7 Å². The lowest BCUT2D eigenvalue weighted by atomic mass is 9.90. The first-order valence-corrected chi connectivity index (χ1v) is 12.8. The number of unbranched alkanes of at least 4 members (excludes halogenated alkanes) is 1. The summed E-state index contributed by atoms with van der Waals surface area (Å²) in [5.41, 5.74) is 5.66. The second-order valence-electron chi connectivity index (χ2n) is 9.96. The van der Waals surface area contributed by atoms with Crippen molar-refractivity contribution in [1.82, 2.24) is 10.2 Å². The Bertz CT molecular complexity index is 760. The molecule has 1 aromatic carbocycles. The van der Waals surface area contributed by atoms with Crippen LogP contribution >= 0.6 is 11.8 Å². The van der Waals surface area contributed by atoms with Crippen LogP contribution in [0.5, 0.6) is 0 Å². The van der Waals surface area contributed by atoms with Crippen LogP contribution in [-0.4, -0.2) is 45.8 Å². The maximum Gasteiger partial charge on any atom is 0.0735 e. The van der Waals surface area contributed by atoms with Crippen LogP contribution < -0.4 is 5.32 Å². The summed E-state index contributed by atoms with van der Waals surface area (Å²) in [5, 5.41) is 14.7. The average Bonchev–Trinajstić information content (AvgIpc) is 3.36. The number of allylic oxidation sites excluding steroid dienone is 1. The van der Waals surface area contributed by atoms with Crippen molar-refractivity contribution in [2.45, 2.75) is 95.8 Å². The second-order valence-corrected chi connectivity index (χ2v) is 11.0. The molecular weight excluding hydrogens is 402 g/mol. The van der Waals surface area contributed by atoms with E-state index in [0.29, 0.717) is 23.8 Å². The van der Waals surface area contributed by atoms with E-state index in [4.69, 9.17) is 0 Å². The number of thioether (sulfide) groups is 1. The number of likely N-dealkylation sites (tertiary alicyclic amines) is 1. The van der Waals surface area contributed by atoms with Crippen molar-refractivity contribution in [2.75, 3.05) is 6.54 Å². The predicted molar refractivity (Wildman–Crippen MR) is 135 cm³/mol. The Balaban J connectivity index is 1.61. The average molecular weight is 444 g/mol. The first-order chi connectivity index (χ1) is 14.7. The van der Waals surface area contributed by atoms with E-state index < -0.39 is 0 Å². The lowest BCUT2D eigenvalue weighted by Gasteiger charge is -2.41. The van der Waals surface area contributed by atoms with Crippen molar-refractivity contribution < 1.29 is 5.11 Å². The van der Waals surface area contributed by atoms with Gasteiger partial charge < -0.3 is 15.3 Å². The third kappa shape index (κ3) is 5.94. The highest BCUT2D eigenvalue weighted by molar-refractivity contribution is 8.12. The van der Waals surface area contributed by atoms with Crippen LogP contribution in [-0.2, 0) is 6.54 Å². The zero-order valence-electron chi connectivity index (χ0n) is 20.0.